The second-order valence-corrected chi connectivity index (χ2v) is 5.07. The molecule has 0 unspecified atom stereocenters. The van der Waals surface area contributed by atoms with Crippen molar-refractivity contribution in [2.45, 2.75) is 52.1 Å². The van der Waals surface area contributed by atoms with Gasteiger partial charge >= 0.3 is 23.9 Å². The van der Waals surface area contributed by atoms with E-state index in [0.717, 1.165) is 27.7 Å². The maximum atomic E-state index is 12.1. The average molecular weight is 345 g/mol. The van der Waals surface area contributed by atoms with Gasteiger partial charge in [0.1, 0.15) is 0 Å². The summed E-state index contributed by atoms with van der Waals surface area (Å²) in [6, 6.07) is 0. The second kappa shape index (κ2) is 8.27. The number of nitrogens with one attached hydrogen (secondary N) is 1. The third-order valence-corrected chi connectivity index (χ3v) is 2.94. The first kappa shape index (κ1) is 19.4. The zero-order chi connectivity index (χ0) is 18.4. The summed E-state index contributed by atoms with van der Waals surface area (Å²) in [4.78, 5) is 57.4. The van der Waals surface area contributed by atoms with Gasteiger partial charge in [0.05, 0.1) is 6.54 Å². The number of carbonyl (C=O) groups excluding carboxylic acids is 5. The number of hydrogen-bond donors (Lipinski definition) is 1. The van der Waals surface area contributed by atoms with Crippen LogP contribution in [0.3, 0.4) is 0 Å². The van der Waals surface area contributed by atoms with Crippen LogP contribution in [0.25, 0.3) is 0 Å². The SMILES string of the molecule is CC(=O)O[C@H]1[C@H](OC(C)=O)[C@H](OC(C)=O)CNC(=O)[C@H]1OC(C)=O. The Balaban J connectivity index is 3.27. The minimum Gasteiger partial charge on any atom is -0.457 e. The minimum atomic E-state index is -1.56. The van der Waals surface area contributed by atoms with E-state index in [4.69, 9.17) is 18.9 Å². The van der Waals surface area contributed by atoms with E-state index in [0.29, 0.717) is 0 Å². The average Bonchev–Trinajstić information content (AvgIpc) is 2.52. The maximum Gasteiger partial charge on any atom is 0.303 e. The van der Waals surface area contributed by atoms with Gasteiger partial charge in [0.2, 0.25) is 6.10 Å². The highest BCUT2D eigenvalue weighted by atomic mass is 16.6. The molecule has 0 aromatic heterocycles. The topological polar surface area (TPSA) is 134 Å². The molecule has 0 saturated carbocycles. The Morgan fingerprint density at radius 3 is 1.71 bits per heavy atom. The Morgan fingerprint density at radius 2 is 1.25 bits per heavy atom. The normalized spacial score (nSPS) is 26.4. The van der Waals surface area contributed by atoms with Crippen LogP contribution < -0.4 is 5.32 Å². The molecule has 0 aliphatic carbocycles. The van der Waals surface area contributed by atoms with Gasteiger partial charge in [-0.25, -0.2) is 0 Å². The van der Waals surface area contributed by atoms with Crippen LogP contribution in [-0.2, 0) is 42.9 Å². The predicted octanol–water partition coefficient (Wildman–Crippen LogP) is -1.16. The zero-order valence-corrected chi connectivity index (χ0v) is 13.7. The summed E-state index contributed by atoms with van der Waals surface area (Å²) in [5.74, 6) is -3.84. The fraction of sp³-hybridized carbons (Fsp3) is 0.643. The molecule has 10 heteroatoms. The molecular weight excluding hydrogens is 326 g/mol. The lowest BCUT2D eigenvalue weighted by molar-refractivity contribution is -0.194. The molecule has 1 rings (SSSR count). The van der Waals surface area contributed by atoms with Crippen molar-refractivity contribution in [3.8, 4) is 0 Å². The fourth-order valence-corrected chi connectivity index (χ4v) is 2.23. The molecule has 0 spiro atoms. The summed E-state index contributed by atoms with van der Waals surface area (Å²) in [5.41, 5.74) is 0. The number of ether oxygens (including phenoxy) is 4. The summed E-state index contributed by atoms with van der Waals surface area (Å²) in [5, 5.41) is 2.39. The Hall–Kier alpha value is -2.65. The van der Waals surface area contributed by atoms with Crippen molar-refractivity contribution in [3.63, 3.8) is 0 Å². The van der Waals surface area contributed by atoms with Crippen LogP contribution in [0.4, 0.5) is 0 Å². The number of amides is 1. The fourth-order valence-electron chi connectivity index (χ4n) is 2.23. The summed E-state index contributed by atoms with van der Waals surface area (Å²) in [6.07, 6.45) is -5.49. The number of carbonyl (C=O) groups is 5. The molecule has 0 bridgehead atoms. The lowest BCUT2D eigenvalue weighted by Crippen LogP contribution is -2.52. The molecule has 1 saturated heterocycles. The molecule has 0 radical (unpaired) electrons. The molecule has 134 valence electrons. The van der Waals surface area contributed by atoms with E-state index in [1.807, 2.05) is 0 Å². The van der Waals surface area contributed by atoms with Crippen molar-refractivity contribution in [3.05, 3.63) is 0 Å². The molecule has 10 nitrogen and oxygen atoms in total. The molecule has 1 fully saturated rings. The lowest BCUT2D eigenvalue weighted by Gasteiger charge is -2.31. The second-order valence-electron chi connectivity index (χ2n) is 5.07. The first-order valence-electron chi connectivity index (χ1n) is 7.08. The Bertz CT molecular complexity index is 544. The maximum absolute atomic E-state index is 12.1. The van der Waals surface area contributed by atoms with E-state index in [9.17, 15) is 24.0 Å². The van der Waals surface area contributed by atoms with Crippen molar-refractivity contribution in [2.75, 3.05) is 6.54 Å². The van der Waals surface area contributed by atoms with Crippen molar-refractivity contribution in [1.82, 2.24) is 5.32 Å². The largest absolute Gasteiger partial charge is 0.457 e. The van der Waals surface area contributed by atoms with Gasteiger partial charge in [-0.3, -0.25) is 24.0 Å². The molecular formula is C14H19NO9. The van der Waals surface area contributed by atoms with Gasteiger partial charge in [-0.1, -0.05) is 0 Å². The van der Waals surface area contributed by atoms with Gasteiger partial charge in [-0.05, 0) is 0 Å². The van der Waals surface area contributed by atoms with Gasteiger partial charge in [0.15, 0.2) is 18.3 Å². The van der Waals surface area contributed by atoms with E-state index < -0.39 is 54.2 Å². The third kappa shape index (κ3) is 5.52. The summed E-state index contributed by atoms with van der Waals surface area (Å²) < 4.78 is 20.1. The van der Waals surface area contributed by atoms with Gasteiger partial charge in [-0.2, -0.15) is 0 Å². The molecule has 0 aromatic rings. The number of rotatable bonds is 4. The molecule has 24 heavy (non-hydrogen) atoms. The van der Waals surface area contributed by atoms with Crippen molar-refractivity contribution in [2.24, 2.45) is 0 Å². The van der Waals surface area contributed by atoms with Gasteiger partial charge in [0.25, 0.3) is 5.91 Å². The van der Waals surface area contributed by atoms with Crippen LogP contribution in [0.1, 0.15) is 27.7 Å². The number of hydrogen-bond acceptors (Lipinski definition) is 9. The van der Waals surface area contributed by atoms with Crippen molar-refractivity contribution in [1.29, 1.82) is 0 Å². The van der Waals surface area contributed by atoms with Crippen LogP contribution in [0.5, 0.6) is 0 Å². The highest BCUT2D eigenvalue weighted by molar-refractivity contribution is 5.85. The van der Waals surface area contributed by atoms with E-state index in [1.54, 1.807) is 0 Å². The molecule has 0 aromatic carbocycles. The highest BCUT2D eigenvalue weighted by Crippen LogP contribution is 2.21. The Kier molecular flexibility index (Phi) is 6.69. The molecule has 1 aliphatic rings. The number of esters is 4. The first-order valence-corrected chi connectivity index (χ1v) is 7.08. The van der Waals surface area contributed by atoms with Gasteiger partial charge < -0.3 is 24.3 Å². The summed E-state index contributed by atoms with van der Waals surface area (Å²) in [6.45, 7) is 4.14. The van der Waals surface area contributed by atoms with Gasteiger partial charge in [0, 0.05) is 27.7 Å². The standard InChI is InChI=1S/C14H19NO9/c1-6(16)21-10-5-15-14(20)13(24-9(4)19)12(23-8(3)18)11(10)22-7(2)17/h10-13H,5H2,1-4H3,(H,15,20)/t10-,11-,12+,13+/m1/s1. The smallest absolute Gasteiger partial charge is 0.303 e. The van der Waals surface area contributed by atoms with Crippen LogP contribution in [-0.4, -0.2) is 60.7 Å². The van der Waals surface area contributed by atoms with Crippen molar-refractivity contribution >= 4 is 29.8 Å². The molecule has 1 aliphatic heterocycles. The third-order valence-electron chi connectivity index (χ3n) is 2.94. The van der Waals surface area contributed by atoms with Gasteiger partial charge in [-0.15, -0.1) is 0 Å². The Labute approximate surface area is 137 Å². The highest BCUT2D eigenvalue weighted by Gasteiger charge is 2.49. The van der Waals surface area contributed by atoms with Crippen LogP contribution in [0.15, 0.2) is 0 Å². The summed E-state index contributed by atoms with van der Waals surface area (Å²) >= 11 is 0. The zero-order valence-electron chi connectivity index (χ0n) is 13.7. The quantitative estimate of drug-likeness (QED) is 0.494. The predicted molar refractivity (Wildman–Crippen MR) is 75.2 cm³/mol. The summed E-state index contributed by atoms with van der Waals surface area (Å²) in [7, 11) is 0. The minimum absolute atomic E-state index is 0.216. The van der Waals surface area contributed by atoms with Crippen LogP contribution in [0, 0.1) is 0 Å². The van der Waals surface area contributed by atoms with E-state index in [-0.39, 0.29) is 6.54 Å². The van der Waals surface area contributed by atoms with Crippen molar-refractivity contribution < 1.29 is 42.9 Å². The van der Waals surface area contributed by atoms with E-state index in [1.165, 1.54) is 0 Å². The van der Waals surface area contributed by atoms with Crippen LogP contribution in [0.2, 0.25) is 0 Å². The van der Waals surface area contributed by atoms with E-state index >= 15 is 0 Å². The molecule has 1 N–H and O–H groups in total. The molecule has 1 heterocycles. The Morgan fingerprint density at radius 1 is 0.792 bits per heavy atom. The van der Waals surface area contributed by atoms with Crippen LogP contribution >= 0.6 is 0 Å². The monoisotopic (exact) mass is 345 g/mol. The molecule has 4 atom stereocenters. The van der Waals surface area contributed by atoms with E-state index in [2.05, 4.69) is 5.32 Å². The molecule has 1 amide bonds. The lowest BCUT2D eigenvalue weighted by atomic mass is 10.0. The first-order chi connectivity index (χ1) is 11.1.